The van der Waals surface area contributed by atoms with E-state index in [0.29, 0.717) is 11.8 Å². The van der Waals surface area contributed by atoms with Gasteiger partial charge in [-0.3, -0.25) is 0 Å². The van der Waals surface area contributed by atoms with Gasteiger partial charge in [0.15, 0.2) is 0 Å². The Bertz CT molecular complexity index is 1690. The zero-order valence-corrected chi connectivity index (χ0v) is 17.2. The third-order valence-electron chi connectivity index (χ3n) is 7.02. The minimum atomic E-state index is 0.629. The molecular formula is C27H16S2. The van der Waals surface area contributed by atoms with Crippen molar-refractivity contribution in [3.63, 3.8) is 0 Å². The van der Waals surface area contributed by atoms with Gasteiger partial charge in [-0.25, -0.2) is 0 Å². The Morgan fingerprint density at radius 1 is 0.621 bits per heavy atom. The molecule has 0 amide bonds. The lowest BCUT2D eigenvalue weighted by atomic mass is 9.91. The first-order valence-electron chi connectivity index (χ1n) is 10.3. The first-order chi connectivity index (χ1) is 14.3. The number of allylic oxidation sites excluding steroid dienone is 2. The average molecular weight is 405 g/mol. The molecular weight excluding hydrogens is 388 g/mol. The topological polar surface area (TPSA) is 0 Å². The highest BCUT2D eigenvalue weighted by Crippen LogP contribution is 2.52. The maximum absolute atomic E-state index is 2.49. The van der Waals surface area contributed by atoms with Crippen molar-refractivity contribution in [2.24, 2.45) is 0 Å². The highest BCUT2D eigenvalue weighted by molar-refractivity contribution is 7.36. The van der Waals surface area contributed by atoms with Crippen LogP contribution in [0.4, 0.5) is 0 Å². The molecule has 2 atom stereocenters. The molecule has 2 aromatic heterocycles. The summed E-state index contributed by atoms with van der Waals surface area (Å²) in [5, 5.41) is 8.41. The van der Waals surface area contributed by atoms with E-state index in [4.69, 9.17) is 0 Å². The SMILES string of the molecule is C1=CC2CC1c1ccc3cc4c(cc3c12)sc1c2cc3ccccc3cc2sc41. The second-order valence-electron chi connectivity index (χ2n) is 8.53. The van der Waals surface area contributed by atoms with Crippen molar-refractivity contribution >= 4 is 73.8 Å². The summed E-state index contributed by atoms with van der Waals surface area (Å²) in [5.41, 5.74) is 3.17. The minimum absolute atomic E-state index is 0.629. The van der Waals surface area contributed by atoms with E-state index in [1.165, 1.54) is 57.5 Å². The third kappa shape index (κ3) is 1.85. The molecule has 2 aliphatic carbocycles. The fraction of sp³-hybridized carbons (Fsp3) is 0.111. The predicted molar refractivity (Wildman–Crippen MR) is 129 cm³/mol. The molecule has 2 aliphatic rings. The Morgan fingerprint density at radius 3 is 2.14 bits per heavy atom. The molecule has 8 rings (SSSR count). The first-order valence-corrected chi connectivity index (χ1v) is 11.9. The van der Waals surface area contributed by atoms with E-state index in [1.807, 2.05) is 22.7 Å². The Labute approximate surface area is 175 Å². The quantitative estimate of drug-likeness (QED) is 0.222. The van der Waals surface area contributed by atoms with Crippen LogP contribution in [0.15, 0.2) is 72.8 Å². The number of fused-ring (bicyclic) bond motifs is 13. The van der Waals surface area contributed by atoms with Gasteiger partial charge in [-0.1, -0.05) is 48.6 Å². The summed E-state index contributed by atoms with van der Waals surface area (Å²) in [6, 6.07) is 23.2. The predicted octanol–water partition coefficient (Wildman–Crippen LogP) is 8.72. The van der Waals surface area contributed by atoms with Gasteiger partial charge in [0.2, 0.25) is 0 Å². The number of thiophene rings is 2. The van der Waals surface area contributed by atoms with E-state index in [9.17, 15) is 0 Å². The zero-order valence-electron chi connectivity index (χ0n) is 15.6. The highest BCUT2D eigenvalue weighted by atomic mass is 32.1. The normalized spacial score (nSPS) is 20.1. The summed E-state index contributed by atoms with van der Waals surface area (Å²) >= 11 is 3.94. The van der Waals surface area contributed by atoms with Gasteiger partial charge in [-0.2, -0.15) is 0 Å². The summed E-state index contributed by atoms with van der Waals surface area (Å²) in [4.78, 5) is 0. The molecule has 0 saturated carbocycles. The van der Waals surface area contributed by atoms with Crippen LogP contribution in [0.3, 0.4) is 0 Å². The lowest BCUT2D eigenvalue weighted by Crippen LogP contribution is -1.94. The number of rotatable bonds is 0. The molecule has 0 radical (unpaired) electrons. The van der Waals surface area contributed by atoms with Crippen LogP contribution < -0.4 is 0 Å². The van der Waals surface area contributed by atoms with Crippen LogP contribution in [0.25, 0.3) is 51.1 Å². The Balaban J connectivity index is 1.49. The van der Waals surface area contributed by atoms with Crippen LogP contribution in [0.5, 0.6) is 0 Å². The molecule has 0 aliphatic heterocycles. The molecule has 136 valence electrons. The fourth-order valence-corrected chi connectivity index (χ4v) is 8.37. The summed E-state index contributed by atoms with van der Waals surface area (Å²) in [7, 11) is 0. The van der Waals surface area contributed by atoms with E-state index >= 15 is 0 Å². The van der Waals surface area contributed by atoms with Gasteiger partial charge < -0.3 is 0 Å². The molecule has 2 bridgehead atoms. The molecule has 2 unspecified atom stereocenters. The Morgan fingerprint density at radius 2 is 1.31 bits per heavy atom. The monoisotopic (exact) mass is 404 g/mol. The van der Waals surface area contributed by atoms with Gasteiger partial charge in [0.25, 0.3) is 0 Å². The van der Waals surface area contributed by atoms with Gasteiger partial charge >= 0.3 is 0 Å². The fourth-order valence-electron chi connectivity index (χ4n) is 5.68. The standard InChI is InChI=1S/C27H16S2/c1-2-4-15-12-23-21(10-14(15)3-1)26-27(28-23)22-11-17-7-8-19-16-5-6-18(9-16)25(19)20(17)13-24(22)29-26/h1-8,10-13,16,18H,9H2. The Hall–Kier alpha value is -2.68. The van der Waals surface area contributed by atoms with Crippen LogP contribution >= 0.6 is 22.7 Å². The molecule has 29 heavy (non-hydrogen) atoms. The van der Waals surface area contributed by atoms with Gasteiger partial charge in [-0.15, -0.1) is 22.7 Å². The summed E-state index contributed by atoms with van der Waals surface area (Å²) in [5.74, 6) is 1.28. The third-order valence-corrected chi connectivity index (χ3v) is 9.52. The van der Waals surface area contributed by atoms with Gasteiger partial charge in [-0.05, 0) is 63.4 Å². The van der Waals surface area contributed by atoms with Gasteiger partial charge in [0.05, 0.1) is 9.40 Å². The van der Waals surface area contributed by atoms with Crippen molar-refractivity contribution in [2.45, 2.75) is 18.3 Å². The van der Waals surface area contributed by atoms with E-state index in [2.05, 4.69) is 72.8 Å². The molecule has 2 heteroatoms. The van der Waals surface area contributed by atoms with E-state index in [1.54, 1.807) is 11.1 Å². The smallest absolute Gasteiger partial charge is 0.0542 e. The van der Waals surface area contributed by atoms with Gasteiger partial charge in [0.1, 0.15) is 0 Å². The van der Waals surface area contributed by atoms with Crippen LogP contribution in [-0.4, -0.2) is 0 Å². The lowest BCUT2D eigenvalue weighted by Gasteiger charge is -2.13. The number of hydrogen-bond acceptors (Lipinski definition) is 2. The minimum Gasteiger partial charge on any atom is -0.134 e. The second kappa shape index (κ2) is 5.08. The first kappa shape index (κ1) is 15.2. The molecule has 6 aromatic rings. The van der Waals surface area contributed by atoms with Crippen LogP contribution in [0.2, 0.25) is 0 Å². The summed E-state index contributed by atoms with van der Waals surface area (Å²) < 4.78 is 5.76. The second-order valence-corrected chi connectivity index (χ2v) is 10.6. The number of hydrogen-bond donors (Lipinski definition) is 0. The highest BCUT2D eigenvalue weighted by Gasteiger charge is 2.33. The van der Waals surface area contributed by atoms with Crippen molar-refractivity contribution < 1.29 is 0 Å². The maximum Gasteiger partial charge on any atom is 0.0542 e. The zero-order chi connectivity index (χ0) is 18.7. The summed E-state index contributed by atoms with van der Waals surface area (Å²) in [6.07, 6.45) is 6.13. The molecule has 0 spiro atoms. The average Bonchev–Trinajstić information content (AvgIpc) is 3.51. The molecule has 2 heterocycles. The molecule has 4 aromatic carbocycles. The summed E-state index contributed by atoms with van der Waals surface area (Å²) in [6.45, 7) is 0. The van der Waals surface area contributed by atoms with Crippen LogP contribution in [0, 0.1) is 0 Å². The van der Waals surface area contributed by atoms with E-state index in [-0.39, 0.29) is 0 Å². The van der Waals surface area contributed by atoms with Gasteiger partial charge in [0, 0.05) is 32.0 Å². The van der Waals surface area contributed by atoms with Crippen molar-refractivity contribution in [1.29, 1.82) is 0 Å². The van der Waals surface area contributed by atoms with E-state index < -0.39 is 0 Å². The van der Waals surface area contributed by atoms with Crippen molar-refractivity contribution in [3.05, 3.63) is 83.9 Å². The lowest BCUT2D eigenvalue weighted by molar-refractivity contribution is 0.806. The molecule has 0 nitrogen and oxygen atoms in total. The van der Waals surface area contributed by atoms with Crippen LogP contribution in [0.1, 0.15) is 29.4 Å². The number of benzene rings is 4. The van der Waals surface area contributed by atoms with E-state index in [0.717, 1.165) is 0 Å². The van der Waals surface area contributed by atoms with Crippen LogP contribution in [-0.2, 0) is 0 Å². The molecule has 0 N–H and O–H groups in total. The van der Waals surface area contributed by atoms with Crippen molar-refractivity contribution in [2.75, 3.05) is 0 Å². The molecule has 0 fully saturated rings. The Kier molecular flexibility index (Phi) is 2.66. The van der Waals surface area contributed by atoms with Crippen molar-refractivity contribution in [1.82, 2.24) is 0 Å². The largest absolute Gasteiger partial charge is 0.134 e. The van der Waals surface area contributed by atoms with Crippen molar-refractivity contribution in [3.8, 4) is 0 Å². The molecule has 0 saturated heterocycles. The maximum atomic E-state index is 2.49.